The Balaban J connectivity index is 1.18. The van der Waals surface area contributed by atoms with Crippen LogP contribution in [0.1, 0.15) is 90.0 Å². The number of benzene rings is 1. The Hall–Kier alpha value is -2.92. The van der Waals surface area contributed by atoms with E-state index in [2.05, 4.69) is 58.7 Å². The number of imidazole rings is 1. The molecule has 1 spiro atoms. The van der Waals surface area contributed by atoms with E-state index in [1.54, 1.807) is 31.3 Å². The first kappa shape index (κ1) is 32.0. The number of nitrogens with one attached hydrogen (secondary N) is 3. The van der Waals surface area contributed by atoms with Gasteiger partial charge in [-0.05, 0) is 93.6 Å². The summed E-state index contributed by atoms with van der Waals surface area (Å²) in [5, 5.41) is 5.98. The highest BCUT2D eigenvalue weighted by Gasteiger charge is 2.66. The molecule has 2 amide bonds. The molecular weight excluding hydrogens is 590 g/mol. The number of aromatic nitrogens is 2. The molecule has 45 heavy (non-hydrogen) atoms. The number of fused-ring (bicyclic) bond motifs is 4. The molecule has 2 saturated carbocycles. The molecule has 1 saturated heterocycles. The van der Waals surface area contributed by atoms with E-state index in [4.69, 9.17) is 4.74 Å². The van der Waals surface area contributed by atoms with E-state index in [1.807, 2.05) is 0 Å². The van der Waals surface area contributed by atoms with Crippen LogP contribution in [-0.2, 0) is 37.8 Å². The molecule has 10 nitrogen and oxygen atoms in total. The summed E-state index contributed by atoms with van der Waals surface area (Å²) in [6, 6.07) is 7.40. The molecule has 3 aliphatic carbocycles. The van der Waals surface area contributed by atoms with Crippen LogP contribution in [0.3, 0.4) is 0 Å². The number of ether oxygens (including phenoxy) is 1. The van der Waals surface area contributed by atoms with Crippen LogP contribution < -0.4 is 10.6 Å². The zero-order valence-electron chi connectivity index (χ0n) is 27.3. The van der Waals surface area contributed by atoms with E-state index >= 15 is 0 Å². The fourth-order valence-corrected chi connectivity index (χ4v) is 11.4. The monoisotopic (exact) mass is 639 g/mol. The zero-order valence-corrected chi connectivity index (χ0v) is 28.1. The fraction of sp³-hybridized carbons (Fsp3) is 0.676. The minimum atomic E-state index is -3.60. The Morgan fingerprint density at radius 3 is 2.53 bits per heavy atom. The second kappa shape index (κ2) is 11.4. The number of carbonyl (C=O) groups is 2. The first-order valence-corrected chi connectivity index (χ1v) is 18.1. The molecule has 11 heteroatoms. The van der Waals surface area contributed by atoms with Crippen LogP contribution >= 0.6 is 0 Å². The van der Waals surface area contributed by atoms with Gasteiger partial charge in [-0.25, -0.2) is 22.5 Å². The smallest absolute Gasteiger partial charge is 0.408 e. The van der Waals surface area contributed by atoms with E-state index in [0.717, 1.165) is 44.9 Å². The molecule has 2 aromatic rings. The molecule has 6 rings (SSSR count). The van der Waals surface area contributed by atoms with Crippen molar-refractivity contribution >= 4 is 22.0 Å². The second-order valence-electron chi connectivity index (χ2n) is 15.5. The van der Waals surface area contributed by atoms with Crippen molar-refractivity contribution in [1.29, 1.82) is 0 Å². The number of aryl methyl sites for hydroxylation is 1. The second-order valence-corrected chi connectivity index (χ2v) is 17.5. The van der Waals surface area contributed by atoms with Crippen LogP contribution in [0, 0.1) is 16.7 Å². The number of carbonyl (C=O) groups excluding carboxylic acids is 2. The Morgan fingerprint density at radius 2 is 1.87 bits per heavy atom. The van der Waals surface area contributed by atoms with Gasteiger partial charge in [-0.2, -0.15) is 0 Å². The third kappa shape index (κ3) is 5.90. The number of piperidine rings is 1. The molecule has 2 heterocycles. The van der Waals surface area contributed by atoms with Crippen LogP contribution in [0.5, 0.6) is 0 Å². The summed E-state index contributed by atoms with van der Waals surface area (Å²) in [6.45, 7) is 10.7. The number of alkyl carbamates (subject to hydrolysis) is 1. The summed E-state index contributed by atoms with van der Waals surface area (Å²) < 4.78 is 35.7. The predicted octanol–water partition coefficient (Wildman–Crippen LogP) is 4.47. The molecule has 4 atom stereocenters. The molecule has 3 fully saturated rings. The van der Waals surface area contributed by atoms with Gasteiger partial charge in [-0.1, -0.05) is 38.1 Å². The largest absolute Gasteiger partial charge is 0.444 e. The molecule has 4 aliphatic rings. The van der Waals surface area contributed by atoms with E-state index in [-0.39, 0.29) is 35.0 Å². The number of hydrogen-bond donors (Lipinski definition) is 3. The van der Waals surface area contributed by atoms with E-state index < -0.39 is 33.2 Å². The predicted molar refractivity (Wildman–Crippen MR) is 172 cm³/mol. The molecular formula is C34H49N5O5S. The average molecular weight is 640 g/mol. The maximum atomic E-state index is 14.2. The average Bonchev–Trinajstić information content (AvgIpc) is 3.70. The molecule has 246 valence electrons. The van der Waals surface area contributed by atoms with Gasteiger partial charge in [0.15, 0.2) is 0 Å². The van der Waals surface area contributed by atoms with Crippen molar-refractivity contribution in [2.45, 2.75) is 109 Å². The van der Waals surface area contributed by atoms with Gasteiger partial charge in [-0.15, -0.1) is 0 Å². The van der Waals surface area contributed by atoms with Crippen LogP contribution in [0.15, 0.2) is 36.8 Å². The van der Waals surface area contributed by atoms with Crippen LogP contribution in [-0.4, -0.2) is 71.2 Å². The number of sulfonamides is 1. The highest BCUT2D eigenvalue weighted by Crippen LogP contribution is 2.66. The van der Waals surface area contributed by atoms with Gasteiger partial charge in [0.25, 0.3) is 0 Å². The van der Waals surface area contributed by atoms with Crippen molar-refractivity contribution in [3.8, 4) is 0 Å². The lowest BCUT2D eigenvalue weighted by Gasteiger charge is -2.45. The van der Waals surface area contributed by atoms with Gasteiger partial charge in [-0.3, -0.25) is 4.79 Å². The number of aromatic amines is 1. The number of nitrogens with zero attached hydrogens (tertiary/aromatic N) is 2. The van der Waals surface area contributed by atoms with E-state index in [1.165, 1.54) is 17.5 Å². The topological polar surface area (TPSA) is 133 Å². The van der Waals surface area contributed by atoms with Gasteiger partial charge in [0.05, 0.1) is 12.1 Å². The van der Waals surface area contributed by atoms with Crippen molar-refractivity contribution in [3.63, 3.8) is 0 Å². The lowest BCUT2D eigenvalue weighted by molar-refractivity contribution is -0.125. The van der Waals surface area contributed by atoms with Gasteiger partial charge < -0.3 is 20.4 Å². The number of H-pyrrole nitrogens is 1. The fourth-order valence-electron chi connectivity index (χ4n) is 9.06. The molecule has 3 N–H and O–H groups in total. The molecule has 2 bridgehead atoms. The Labute approximate surface area is 267 Å². The van der Waals surface area contributed by atoms with E-state index in [0.29, 0.717) is 24.7 Å². The Bertz CT molecular complexity index is 1520. The van der Waals surface area contributed by atoms with Gasteiger partial charge in [0, 0.05) is 42.9 Å². The summed E-state index contributed by atoms with van der Waals surface area (Å²) >= 11 is 0. The van der Waals surface area contributed by atoms with Crippen molar-refractivity contribution in [1.82, 2.24) is 24.9 Å². The normalized spacial score (nSPS) is 27.7. The Kier molecular flexibility index (Phi) is 8.12. The highest BCUT2D eigenvalue weighted by molar-refractivity contribution is 7.89. The summed E-state index contributed by atoms with van der Waals surface area (Å²) in [7, 11) is -3.60. The third-order valence-electron chi connectivity index (χ3n) is 11.7. The summed E-state index contributed by atoms with van der Waals surface area (Å²) in [5.74, 6) is -0.0224. The van der Waals surface area contributed by atoms with Gasteiger partial charge in [0.1, 0.15) is 11.6 Å². The van der Waals surface area contributed by atoms with Crippen LogP contribution in [0.4, 0.5) is 4.79 Å². The highest BCUT2D eigenvalue weighted by atomic mass is 32.2. The number of rotatable bonds is 8. The maximum Gasteiger partial charge on any atom is 0.408 e. The first-order chi connectivity index (χ1) is 21.1. The molecule has 0 radical (unpaired) electrons. The third-order valence-corrected chi connectivity index (χ3v) is 13.7. The SMILES string of the molecule is CC(C)(C)OC(=O)N[C@@H](Cc1cnc[nH]1)C(=O)N[C@H]1C[C@H]2CC[C@]1(CS(=O)(=O)N1CCC3(CCc4ccccc43)CC1)C2(C)C. The quantitative estimate of drug-likeness (QED) is 0.391. The first-order valence-electron chi connectivity index (χ1n) is 16.5. The van der Waals surface area contributed by atoms with Gasteiger partial charge in [0.2, 0.25) is 15.9 Å². The van der Waals surface area contributed by atoms with Crippen molar-refractivity contribution in [3.05, 3.63) is 53.6 Å². The molecule has 1 aromatic heterocycles. The van der Waals surface area contributed by atoms with Crippen molar-refractivity contribution in [2.24, 2.45) is 16.7 Å². The van der Waals surface area contributed by atoms with Crippen molar-refractivity contribution in [2.75, 3.05) is 18.8 Å². The minimum absolute atomic E-state index is 0.0166. The van der Waals surface area contributed by atoms with Crippen LogP contribution in [0.25, 0.3) is 0 Å². The zero-order chi connectivity index (χ0) is 32.3. The lowest BCUT2D eigenvalue weighted by Crippen LogP contribution is -2.58. The Morgan fingerprint density at radius 1 is 1.13 bits per heavy atom. The number of hydrogen-bond acceptors (Lipinski definition) is 6. The van der Waals surface area contributed by atoms with E-state index in [9.17, 15) is 18.0 Å². The molecule has 0 unspecified atom stereocenters. The lowest BCUT2D eigenvalue weighted by atomic mass is 9.69. The molecule has 1 aromatic carbocycles. The summed E-state index contributed by atoms with van der Waals surface area (Å²) in [6.07, 6.45) is 8.92. The molecule has 1 aliphatic heterocycles. The summed E-state index contributed by atoms with van der Waals surface area (Å²) in [4.78, 5) is 33.7. The summed E-state index contributed by atoms with van der Waals surface area (Å²) in [5.41, 5.74) is 1.99. The standard InChI is InChI=1S/C34H49N5O5S/c1-31(2,3)44-30(41)37-27(19-25-20-35-22-36-25)29(40)38-28-18-24-11-13-34(28,32(24,4)5)21-45(42,43)39-16-14-33(15-17-39)12-10-23-8-6-7-9-26(23)33/h6-9,20,22,24,27-28H,10-19,21H2,1-5H3,(H,35,36)(H,37,41)(H,38,40)/t24-,27+,28+,34-/m1/s1. The number of amides is 2. The van der Waals surface area contributed by atoms with Gasteiger partial charge >= 0.3 is 6.09 Å². The maximum absolute atomic E-state index is 14.2. The minimum Gasteiger partial charge on any atom is -0.444 e. The van der Waals surface area contributed by atoms with Crippen LogP contribution in [0.2, 0.25) is 0 Å². The van der Waals surface area contributed by atoms with Crippen molar-refractivity contribution < 1.29 is 22.7 Å².